The summed E-state index contributed by atoms with van der Waals surface area (Å²) in [5, 5.41) is 9.00. The van der Waals surface area contributed by atoms with Crippen LogP contribution in [0.2, 0.25) is 0 Å². The summed E-state index contributed by atoms with van der Waals surface area (Å²) < 4.78 is 11.7. The second-order valence-electron chi connectivity index (χ2n) is 6.95. The lowest BCUT2D eigenvalue weighted by molar-refractivity contribution is -0.0804. The van der Waals surface area contributed by atoms with Crippen molar-refractivity contribution in [2.45, 2.75) is 77.4 Å². The molecule has 0 radical (unpaired) electrons. The maximum atomic E-state index is 9.00. The Hall–Kier alpha value is -1.53. The van der Waals surface area contributed by atoms with E-state index in [1.807, 2.05) is 12.1 Å². The van der Waals surface area contributed by atoms with Crippen molar-refractivity contribution in [2.75, 3.05) is 6.61 Å². The van der Waals surface area contributed by atoms with E-state index in [4.69, 9.17) is 14.7 Å². The lowest BCUT2D eigenvalue weighted by Gasteiger charge is -2.23. The topological polar surface area (TPSA) is 42.2 Å². The van der Waals surface area contributed by atoms with Crippen LogP contribution in [0.5, 0.6) is 5.75 Å². The van der Waals surface area contributed by atoms with Gasteiger partial charge in [-0.25, -0.2) is 0 Å². The van der Waals surface area contributed by atoms with E-state index < -0.39 is 6.29 Å². The van der Waals surface area contributed by atoms with Crippen molar-refractivity contribution in [3.05, 3.63) is 29.8 Å². The van der Waals surface area contributed by atoms with Gasteiger partial charge in [-0.2, -0.15) is 5.26 Å². The van der Waals surface area contributed by atoms with Crippen LogP contribution in [0.1, 0.15) is 76.7 Å². The van der Waals surface area contributed by atoms with Gasteiger partial charge in [0.05, 0.1) is 19.1 Å². The fourth-order valence-corrected chi connectivity index (χ4v) is 3.31. The van der Waals surface area contributed by atoms with Gasteiger partial charge in [0.25, 0.3) is 0 Å². The van der Waals surface area contributed by atoms with Gasteiger partial charge in [-0.15, -0.1) is 0 Å². The fourth-order valence-electron chi connectivity index (χ4n) is 3.31. The Kier molecular flexibility index (Phi) is 8.12. The van der Waals surface area contributed by atoms with Gasteiger partial charge in [0, 0.05) is 0 Å². The number of nitriles is 1. The molecule has 0 aromatic heterocycles. The van der Waals surface area contributed by atoms with E-state index in [1.165, 1.54) is 37.7 Å². The molecule has 1 saturated carbocycles. The predicted molar refractivity (Wildman–Crippen MR) is 96.9 cm³/mol. The van der Waals surface area contributed by atoms with Crippen molar-refractivity contribution in [2.24, 2.45) is 5.92 Å². The second-order valence-corrected chi connectivity index (χ2v) is 6.95. The van der Waals surface area contributed by atoms with Gasteiger partial charge in [0.2, 0.25) is 6.29 Å². The van der Waals surface area contributed by atoms with Crippen molar-refractivity contribution in [3.8, 4) is 11.8 Å². The third kappa shape index (κ3) is 6.17. The molecule has 24 heavy (non-hydrogen) atoms. The first-order valence-corrected chi connectivity index (χ1v) is 9.48. The van der Waals surface area contributed by atoms with E-state index in [2.05, 4.69) is 32.0 Å². The van der Waals surface area contributed by atoms with Gasteiger partial charge >= 0.3 is 0 Å². The monoisotopic (exact) mass is 329 g/mol. The molecule has 2 atom stereocenters. The quantitative estimate of drug-likeness (QED) is 0.537. The number of nitrogens with zero attached hydrogens (tertiary/aromatic N) is 1. The van der Waals surface area contributed by atoms with E-state index in [1.54, 1.807) is 0 Å². The molecular weight excluding hydrogens is 298 g/mol. The lowest BCUT2D eigenvalue weighted by atomic mass is 9.87. The van der Waals surface area contributed by atoms with Crippen LogP contribution in [0, 0.1) is 17.2 Å². The smallest absolute Gasteiger partial charge is 0.212 e. The maximum Gasteiger partial charge on any atom is 0.212 e. The first-order chi connectivity index (χ1) is 11.7. The van der Waals surface area contributed by atoms with Gasteiger partial charge in [-0.05, 0) is 42.4 Å². The molecule has 0 heterocycles. The number of benzene rings is 1. The first kappa shape index (κ1) is 18.8. The molecule has 0 N–H and O–H groups in total. The SMILES string of the molecule is CCC(C)c1ccc(OC(CC#N)OCCC2CCCCC2)cc1. The van der Waals surface area contributed by atoms with Crippen LogP contribution >= 0.6 is 0 Å². The van der Waals surface area contributed by atoms with E-state index >= 15 is 0 Å². The molecule has 0 bridgehead atoms. The highest BCUT2D eigenvalue weighted by Crippen LogP contribution is 2.27. The van der Waals surface area contributed by atoms with Crippen molar-refractivity contribution < 1.29 is 9.47 Å². The van der Waals surface area contributed by atoms with Crippen LogP contribution in [-0.4, -0.2) is 12.9 Å². The van der Waals surface area contributed by atoms with E-state index in [9.17, 15) is 0 Å². The minimum Gasteiger partial charge on any atom is -0.464 e. The van der Waals surface area contributed by atoms with Crippen molar-refractivity contribution in [1.29, 1.82) is 5.26 Å². The Bertz CT molecular complexity index is 500. The number of ether oxygens (including phenoxy) is 2. The molecule has 0 spiro atoms. The predicted octanol–water partition coefficient (Wildman–Crippen LogP) is 5.81. The van der Waals surface area contributed by atoms with Crippen LogP contribution in [0.15, 0.2) is 24.3 Å². The standard InChI is InChI=1S/C21H31NO2/c1-3-17(2)19-9-11-20(12-10-19)24-21(13-15-22)23-16-14-18-7-5-4-6-8-18/h9-12,17-18,21H,3-8,13-14,16H2,1-2H3. The number of hydrogen-bond donors (Lipinski definition) is 0. The highest BCUT2D eigenvalue weighted by Gasteiger charge is 2.16. The molecule has 2 unspecified atom stereocenters. The third-order valence-electron chi connectivity index (χ3n) is 5.14. The molecule has 3 nitrogen and oxygen atoms in total. The number of rotatable bonds is 9. The van der Waals surface area contributed by atoms with E-state index in [-0.39, 0.29) is 6.42 Å². The van der Waals surface area contributed by atoms with Crippen molar-refractivity contribution in [3.63, 3.8) is 0 Å². The molecule has 0 aliphatic heterocycles. The molecule has 0 saturated heterocycles. The minimum atomic E-state index is -0.465. The summed E-state index contributed by atoms with van der Waals surface area (Å²) in [6.45, 7) is 5.10. The van der Waals surface area contributed by atoms with Gasteiger partial charge in [-0.1, -0.05) is 58.1 Å². The van der Waals surface area contributed by atoms with Crippen LogP contribution in [-0.2, 0) is 4.74 Å². The number of hydrogen-bond acceptors (Lipinski definition) is 3. The Morgan fingerprint density at radius 3 is 2.50 bits per heavy atom. The Balaban J connectivity index is 1.80. The van der Waals surface area contributed by atoms with Crippen LogP contribution < -0.4 is 4.74 Å². The van der Waals surface area contributed by atoms with Crippen molar-refractivity contribution in [1.82, 2.24) is 0 Å². The van der Waals surface area contributed by atoms with Crippen molar-refractivity contribution >= 4 is 0 Å². The average Bonchev–Trinajstić information content (AvgIpc) is 2.63. The van der Waals surface area contributed by atoms with Crippen LogP contribution in [0.25, 0.3) is 0 Å². The Morgan fingerprint density at radius 2 is 1.88 bits per heavy atom. The molecule has 1 aromatic carbocycles. The fraction of sp³-hybridized carbons (Fsp3) is 0.667. The van der Waals surface area contributed by atoms with E-state index in [0.717, 1.165) is 24.5 Å². The molecular formula is C21H31NO2. The molecule has 1 aromatic rings. The molecule has 132 valence electrons. The van der Waals surface area contributed by atoms with Gasteiger partial charge in [-0.3, -0.25) is 0 Å². The zero-order valence-corrected chi connectivity index (χ0v) is 15.2. The highest BCUT2D eigenvalue weighted by molar-refractivity contribution is 5.29. The average molecular weight is 329 g/mol. The zero-order valence-electron chi connectivity index (χ0n) is 15.2. The van der Waals surface area contributed by atoms with Gasteiger partial charge in [0.1, 0.15) is 5.75 Å². The summed E-state index contributed by atoms with van der Waals surface area (Å²) in [5.74, 6) is 2.12. The summed E-state index contributed by atoms with van der Waals surface area (Å²) >= 11 is 0. The third-order valence-corrected chi connectivity index (χ3v) is 5.14. The second kappa shape index (κ2) is 10.4. The Labute approximate surface area is 147 Å². The summed E-state index contributed by atoms with van der Waals surface area (Å²) in [6, 6.07) is 10.3. The summed E-state index contributed by atoms with van der Waals surface area (Å²) in [6.07, 6.45) is 8.74. The molecule has 2 rings (SSSR count). The molecule has 1 aliphatic carbocycles. The van der Waals surface area contributed by atoms with Gasteiger partial charge < -0.3 is 9.47 Å². The zero-order chi connectivity index (χ0) is 17.2. The lowest BCUT2D eigenvalue weighted by Crippen LogP contribution is -2.22. The normalized spacial score (nSPS) is 17.9. The molecule has 3 heteroatoms. The molecule has 0 amide bonds. The highest BCUT2D eigenvalue weighted by atomic mass is 16.7. The summed E-state index contributed by atoms with van der Waals surface area (Å²) in [4.78, 5) is 0. The minimum absolute atomic E-state index is 0.262. The molecule has 1 fully saturated rings. The first-order valence-electron chi connectivity index (χ1n) is 9.48. The largest absolute Gasteiger partial charge is 0.464 e. The van der Waals surface area contributed by atoms with Crippen LogP contribution in [0.3, 0.4) is 0 Å². The van der Waals surface area contributed by atoms with Gasteiger partial charge in [0.15, 0.2) is 0 Å². The summed E-state index contributed by atoms with van der Waals surface area (Å²) in [5.41, 5.74) is 1.32. The summed E-state index contributed by atoms with van der Waals surface area (Å²) in [7, 11) is 0. The molecule has 1 aliphatic rings. The van der Waals surface area contributed by atoms with Crippen LogP contribution in [0.4, 0.5) is 0 Å². The maximum absolute atomic E-state index is 9.00. The van der Waals surface area contributed by atoms with E-state index in [0.29, 0.717) is 12.5 Å². The Morgan fingerprint density at radius 1 is 1.17 bits per heavy atom.